The Morgan fingerprint density at radius 1 is 1.21 bits per heavy atom. The molecule has 3 rings (SSSR count). The monoisotopic (exact) mass is 341 g/mol. The maximum atomic E-state index is 12.8. The lowest BCUT2D eigenvalue weighted by Gasteiger charge is -2.00. The third kappa shape index (κ3) is 3.54. The van der Waals surface area contributed by atoms with Crippen molar-refractivity contribution in [1.82, 2.24) is 24.7 Å². The summed E-state index contributed by atoms with van der Waals surface area (Å²) in [4.78, 5) is 20.2. The number of benzene rings is 1. The van der Waals surface area contributed by atoms with Gasteiger partial charge < -0.3 is 4.57 Å². The van der Waals surface area contributed by atoms with Gasteiger partial charge in [0.15, 0.2) is 16.8 Å². The molecule has 120 valence electrons. The van der Waals surface area contributed by atoms with Crippen molar-refractivity contribution in [1.29, 1.82) is 0 Å². The molecule has 0 radical (unpaired) electrons. The summed E-state index contributed by atoms with van der Waals surface area (Å²) in [5, 5.41) is 10.4. The van der Waals surface area contributed by atoms with Gasteiger partial charge >= 0.3 is 0 Å². The minimum Gasteiger partial charge on any atom is -0.304 e. The normalized spacial score (nSPS) is 11.1. The number of nitrogens with zero attached hydrogens (tertiary/aromatic N) is 5. The van der Waals surface area contributed by atoms with Gasteiger partial charge in [-0.2, -0.15) is 0 Å². The molecule has 2 heterocycles. The van der Waals surface area contributed by atoms with Crippen LogP contribution in [0.3, 0.4) is 0 Å². The molecule has 0 aliphatic rings. The van der Waals surface area contributed by atoms with E-state index in [0.29, 0.717) is 22.2 Å². The lowest BCUT2D eigenvalue weighted by Crippen LogP contribution is -1.96. The number of hydrogen-bond donors (Lipinski definition) is 0. The molecule has 0 unspecified atom stereocenters. The molecule has 3 aromatic rings. The molecule has 1 aromatic carbocycles. The minimum absolute atomic E-state index is 0.209. The maximum absolute atomic E-state index is 12.8. The molecular weight excluding hydrogens is 329 g/mol. The van der Waals surface area contributed by atoms with Crippen LogP contribution in [-0.4, -0.2) is 30.5 Å². The Hall–Kier alpha value is -2.87. The van der Waals surface area contributed by atoms with Crippen molar-refractivity contribution in [2.75, 3.05) is 0 Å². The molecular formula is C16H12FN5OS. The average molecular weight is 341 g/mol. The van der Waals surface area contributed by atoms with E-state index in [1.807, 2.05) is 7.05 Å². The van der Waals surface area contributed by atoms with E-state index in [4.69, 9.17) is 0 Å². The van der Waals surface area contributed by atoms with Crippen molar-refractivity contribution in [2.24, 2.45) is 7.05 Å². The predicted molar refractivity (Wildman–Crippen MR) is 87.8 cm³/mol. The average Bonchev–Trinajstić information content (AvgIpc) is 2.97. The van der Waals surface area contributed by atoms with Crippen LogP contribution in [-0.2, 0) is 7.05 Å². The first kappa shape index (κ1) is 16.0. The molecule has 24 heavy (non-hydrogen) atoms. The third-order valence-electron chi connectivity index (χ3n) is 3.15. The number of hydrogen-bond acceptors (Lipinski definition) is 6. The van der Waals surface area contributed by atoms with Crippen LogP contribution in [0.2, 0.25) is 0 Å². The molecule has 2 aromatic heterocycles. The highest BCUT2D eigenvalue weighted by atomic mass is 32.2. The summed E-state index contributed by atoms with van der Waals surface area (Å²) >= 11 is 1.25. The van der Waals surface area contributed by atoms with Gasteiger partial charge in [-0.25, -0.2) is 9.37 Å². The molecule has 6 nitrogen and oxygen atoms in total. The second-order valence-corrected chi connectivity index (χ2v) is 5.62. The first-order valence-corrected chi connectivity index (χ1v) is 7.82. The van der Waals surface area contributed by atoms with Crippen molar-refractivity contribution in [2.45, 2.75) is 5.16 Å². The highest BCUT2D eigenvalue weighted by Crippen LogP contribution is 2.21. The van der Waals surface area contributed by atoms with Crippen molar-refractivity contribution in [3.63, 3.8) is 0 Å². The molecule has 0 amide bonds. The van der Waals surface area contributed by atoms with Crippen LogP contribution in [0.1, 0.15) is 10.4 Å². The quantitative estimate of drug-likeness (QED) is 0.404. The second-order valence-electron chi connectivity index (χ2n) is 4.75. The number of halogens is 1. The van der Waals surface area contributed by atoms with Crippen molar-refractivity contribution in [3.05, 3.63) is 65.7 Å². The topological polar surface area (TPSA) is 73.6 Å². The van der Waals surface area contributed by atoms with Crippen LogP contribution < -0.4 is 0 Å². The summed E-state index contributed by atoms with van der Waals surface area (Å²) in [5.74, 6) is 0.00297. The van der Waals surface area contributed by atoms with Gasteiger partial charge in [-0.1, -0.05) is 11.8 Å². The lowest BCUT2D eigenvalue weighted by atomic mass is 10.1. The van der Waals surface area contributed by atoms with Crippen molar-refractivity contribution in [3.8, 4) is 11.5 Å². The van der Waals surface area contributed by atoms with Gasteiger partial charge in [0.1, 0.15) is 11.5 Å². The number of rotatable bonds is 5. The standard InChI is InChI=1S/C16H12FN5OS/c1-22-15(13-10-18-7-8-19-13)20-21-16(22)24-9-6-14(23)11-2-4-12(17)5-3-11/h2-10H,1H3/b9-6+. The zero-order valence-electron chi connectivity index (χ0n) is 12.6. The molecule has 0 aliphatic carbocycles. The first-order valence-electron chi connectivity index (χ1n) is 6.94. The van der Waals surface area contributed by atoms with Crippen LogP contribution in [0.15, 0.2) is 59.5 Å². The van der Waals surface area contributed by atoms with E-state index in [9.17, 15) is 9.18 Å². The number of allylic oxidation sites excluding steroid dienone is 1. The highest BCUT2D eigenvalue weighted by molar-refractivity contribution is 8.02. The smallest absolute Gasteiger partial charge is 0.195 e. The fourth-order valence-electron chi connectivity index (χ4n) is 1.92. The third-order valence-corrected chi connectivity index (χ3v) is 3.99. The Morgan fingerprint density at radius 2 is 2.00 bits per heavy atom. The summed E-state index contributed by atoms with van der Waals surface area (Å²) in [7, 11) is 1.81. The largest absolute Gasteiger partial charge is 0.304 e. The van der Waals surface area contributed by atoms with Gasteiger partial charge in [0.25, 0.3) is 0 Å². The van der Waals surface area contributed by atoms with Gasteiger partial charge in [-0.15, -0.1) is 10.2 Å². The molecule has 0 atom stereocenters. The van der Waals surface area contributed by atoms with Gasteiger partial charge in [0.2, 0.25) is 0 Å². The number of ketones is 1. The first-order chi connectivity index (χ1) is 11.6. The number of carbonyl (C=O) groups is 1. The Bertz CT molecular complexity index is 877. The molecule has 0 saturated carbocycles. The Kier molecular flexibility index (Phi) is 4.76. The van der Waals surface area contributed by atoms with Gasteiger partial charge in [0, 0.05) is 25.0 Å². The van der Waals surface area contributed by atoms with Gasteiger partial charge in [-0.05, 0) is 35.7 Å². The fourth-order valence-corrected chi connectivity index (χ4v) is 2.57. The van der Waals surface area contributed by atoms with E-state index in [2.05, 4.69) is 20.2 Å². The van der Waals surface area contributed by atoms with E-state index >= 15 is 0 Å². The SMILES string of the molecule is Cn1c(S/C=C/C(=O)c2ccc(F)cc2)nnc1-c1cnccn1. The van der Waals surface area contributed by atoms with E-state index in [1.165, 1.54) is 42.1 Å². The van der Waals surface area contributed by atoms with Crippen LogP contribution in [0, 0.1) is 5.82 Å². The zero-order valence-corrected chi connectivity index (χ0v) is 13.4. The molecule has 0 fully saturated rings. The van der Waals surface area contributed by atoms with Gasteiger partial charge in [0.05, 0.1) is 6.20 Å². The van der Waals surface area contributed by atoms with Crippen LogP contribution >= 0.6 is 11.8 Å². The number of carbonyl (C=O) groups excluding carboxylic acids is 1. The summed E-state index contributed by atoms with van der Waals surface area (Å²) in [6, 6.07) is 5.40. The molecule has 0 saturated heterocycles. The van der Waals surface area contributed by atoms with Gasteiger partial charge in [-0.3, -0.25) is 9.78 Å². The van der Waals surface area contributed by atoms with Crippen LogP contribution in [0.25, 0.3) is 11.5 Å². The maximum Gasteiger partial charge on any atom is 0.195 e. The summed E-state index contributed by atoms with van der Waals surface area (Å²) < 4.78 is 14.6. The van der Waals surface area contributed by atoms with Crippen molar-refractivity contribution >= 4 is 17.5 Å². The van der Waals surface area contributed by atoms with E-state index in [0.717, 1.165) is 0 Å². The van der Waals surface area contributed by atoms with E-state index in [1.54, 1.807) is 28.6 Å². The Balaban J connectivity index is 1.70. The molecule has 0 bridgehead atoms. The number of aromatic nitrogens is 5. The second kappa shape index (κ2) is 7.14. The fraction of sp³-hybridized carbons (Fsp3) is 0.0625. The Morgan fingerprint density at radius 3 is 2.71 bits per heavy atom. The molecule has 0 aliphatic heterocycles. The lowest BCUT2D eigenvalue weighted by molar-refractivity contribution is 0.104. The molecule has 8 heteroatoms. The van der Waals surface area contributed by atoms with E-state index < -0.39 is 0 Å². The van der Waals surface area contributed by atoms with Crippen LogP contribution in [0.4, 0.5) is 4.39 Å². The minimum atomic E-state index is -0.375. The summed E-state index contributed by atoms with van der Waals surface area (Å²) in [5.41, 5.74) is 1.04. The zero-order chi connectivity index (χ0) is 16.9. The Labute approximate surface area is 141 Å². The van der Waals surface area contributed by atoms with E-state index in [-0.39, 0.29) is 11.6 Å². The molecule has 0 N–H and O–H groups in total. The summed E-state index contributed by atoms with van der Waals surface area (Å²) in [6.45, 7) is 0. The predicted octanol–water partition coefficient (Wildman–Crippen LogP) is 2.90. The number of thioether (sulfide) groups is 1. The van der Waals surface area contributed by atoms with Crippen molar-refractivity contribution < 1.29 is 9.18 Å². The highest BCUT2D eigenvalue weighted by Gasteiger charge is 2.11. The molecule has 0 spiro atoms. The van der Waals surface area contributed by atoms with Crippen LogP contribution in [0.5, 0.6) is 0 Å². The summed E-state index contributed by atoms with van der Waals surface area (Å²) in [6.07, 6.45) is 6.18.